The predicted molar refractivity (Wildman–Crippen MR) is 74.5 cm³/mol. The van der Waals surface area contributed by atoms with E-state index in [-0.39, 0.29) is 5.69 Å². The van der Waals surface area contributed by atoms with E-state index < -0.39 is 11.0 Å². The first kappa shape index (κ1) is 14.0. The summed E-state index contributed by atoms with van der Waals surface area (Å²) in [6, 6.07) is 5.88. The summed E-state index contributed by atoms with van der Waals surface area (Å²) in [5.41, 5.74) is 2.35. The average Bonchev–Trinajstić information content (AvgIpc) is 2.74. The van der Waals surface area contributed by atoms with E-state index in [1.807, 2.05) is 20.2 Å². The van der Waals surface area contributed by atoms with Crippen molar-refractivity contribution in [1.82, 2.24) is 9.78 Å². The van der Waals surface area contributed by atoms with Crippen molar-refractivity contribution in [2.24, 2.45) is 7.05 Å². The standard InChI is InChI=1S/C13H16N4O3/c1-9-12(8-16(2)15-9)14-7-13(18)10-3-5-11(6-4-10)17(19)20/h3-6,8,13-14,18H,7H2,1-2H3. The number of non-ortho nitro benzene ring substituents is 1. The molecule has 0 bridgehead atoms. The number of hydrogen-bond donors (Lipinski definition) is 2. The minimum atomic E-state index is -0.740. The fourth-order valence-electron chi connectivity index (χ4n) is 1.92. The minimum Gasteiger partial charge on any atom is -0.387 e. The quantitative estimate of drug-likeness (QED) is 0.641. The highest BCUT2D eigenvalue weighted by Crippen LogP contribution is 2.19. The van der Waals surface area contributed by atoms with Gasteiger partial charge in [-0.1, -0.05) is 0 Å². The Morgan fingerprint density at radius 1 is 1.45 bits per heavy atom. The van der Waals surface area contributed by atoms with E-state index in [1.54, 1.807) is 16.8 Å². The Balaban J connectivity index is 1.99. The molecule has 20 heavy (non-hydrogen) atoms. The van der Waals surface area contributed by atoms with E-state index >= 15 is 0 Å². The number of anilines is 1. The van der Waals surface area contributed by atoms with Crippen LogP contribution in [-0.4, -0.2) is 26.4 Å². The van der Waals surface area contributed by atoms with Gasteiger partial charge in [-0.05, 0) is 24.6 Å². The molecule has 7 nitrogen and oxygen atoms in total. The molecule has 0 amide bonds. The van der Waals surface area contributed by atoms with Gasteiger partial charge in [0.25, 0.3) is 5.69 Å². The second-order valence-corrected chi connectivity index (χ2v) is 4.55. The first-order valence-electron chi connectivity index (χ1n) is 6.14. The van der Waals surface area contributed by atoms with E-state index in [4.69, 9.17) is 0 Å². The highest BCUT2D eigenvalue weighted by Gasteiger charge is 2.11. The molecule has 1 unspecified atom stereocenters. The molecule has 1 atom stereocenters. The number of benzene rings is 1. The number of nitro benzene ring substituents is 1. The summed E-state index contributed by atoms with van der Waals surface area (Å²) in [6.45, 7) is 2.19. The fraction of sp³-hybridized carbons (Fsp3) is 0.308. The Labute approximate surface area is 116 Å². The van der Waals surface area contributed by atoms with Crippen LogP contribution in [0.1, 0.15) is 17.4 Å². The summed E-state index contributed by atoms with van der Waals surface area (Å²) in [5, 5.41) is 27.9. The van der Waals surface area contributed by atoms with Gasteiger partial charge in [0.2, 0.25) is 0 Å². The van der Waals surface area contributed by atoms with Crippen LogP contribution in [0.3, 0.4) is 0 Å². The Bertz CT molecular complexity index is 607. The van der Waals surface area contributed by atoms with Crippen molar-refractivity contribution >= 4 is 11.4 Å². The summed E-state index contributed by atoms with van der Waals surface area (Å²) in [4.78, 5) is 10.1. The lowest BCUT2D eigenvalue weighted by atomic mass is 10.1. The molecule has 1 aromatic heterocycles. The van der Waals surface area contributed by atoms with Gasteiger partial charge in [-0.15, -0.1) is 0 Å². The van der Waals surface area contributed by atoms with Crippen LogP contribution in [0, 0.1) is 17.0 Å². The Morgan fingerprint density at radius 3 is 2.60 bits per heavy atom. The summed E-state index contributed by atoms with van der Waals surface area (Å²) < 4.78 is 1.69. The molecule has 1 aromatic carbocycles. The maximum Gasteiger partial charge on any atom is 0.269 e. The molecule has 1 heterocycles. The van der Waals surface area contributed by atoms with Crippen LogP contribution in [0.5, 0.6) is 0 Å². The van der Waals surface area contributed by atoms with Gasteiger partial charge in [-0.2, -0.15) is 5.10 Å². The molecular weight excluding hydrogens is 260 g/mol. The number of nitrogens with one attached hydrogen (secondary N) is 1. The third-order valence-corrected chi connectivity index (χ3v) is 2.99. The summed E-state index contributed by atoms with van der Waals surface area (Å²) >= 11 is 0. The second kappa shape index (κ2) is 5.70. The molecule has 0 spiro atoms. The number of nitrogens with zero attached hydrogens (tertiary/aromatic N) is 3. The third kappa shape index (κ3) is 3.12. The van der Waals surface area contributed by atoms with Crippen molar-refractivity contribution in [3.8, 4) is 0 Å². The number of aryl methyl sites for hydroxylation is 2. The summed E-state index contributed by atoms with van der Waals surface area (Å²) in [6.07, 6.45) is 1.09. The van der Waals surface area contributed by atoms with Crippen molar-refractivity contribution in [2.75, 3.05) is 11.9 Å². The minimum absolute atomic E-state index is 0.0111. The molecule has 0 aliphatic heterocycles. The zero-order valence-electron chi connectivity index (χ0n) is 11.3. The van der Waals surface area contributed by atoms with Gasteiger partial charge in [0, 0.05) is 31.9 Å². The molecule has 2 N–H and O–H groups in total. The molecule has 0 saturated heterocycles. The lowest BCUT2D eigenvalue weighted by molar-refractivity contribution is -0.384. The largest absolute Gasteiger partial charge is 0.387 e. The molecule has 0 aliphatic carbocycles. The number of aliphatic hydroxyl groups is 1. The Kier molecular flexibility index (Phi) is 3.99. The van der Waals surface area contributed by atoms with Crippen molar-refractivity contribution in [1.29, 1.82) is 0 Å². The summed E-state index contributed by atoms with van der Waals surface area (Å²) in [7, 11) is 1.82. The Morgan fingerprint density at radius 2 is 2.10 bits per heavy atom. The van der Waals surface area contributed by atoms with Gasteiger partial charge in [0.1, 0.15) is 0 Å². The van der Waals surface area contributed by atoms with Crippen LogP contribution in [-0.2, 0) is 7.05 Å². The van der Waals surface area contributed by atoms with E-state index in [2.05, 4.69) is 10.4 Å². The van der Waals surface area contributed by atoms with Crippen molar-refractivity contribution < 1.29 is 10.0 Å². The molecule has 0 radical (unpaired) electrons. The molecular formula is C13H16N4O3. The fourth-order valence-corrected chi connectivity index (χ4v) is 1.92. The average molecular weight is 276 g/mol. The normalized spacial score (nSPS) is 12.2. The van der Waals surface area contributed by atoms with Crippen LogP contribution in [0.25, 0.3) is 0 Å². The second-order valence-electron chi connectivity index (χ2n) is 4.55. The van der Waals surface area contributed by atoms with Crippen LogP contribution in [0.2, 0.25) is 0 Å². The molecule has 2 rings (SSSR count). The van der Waals surface area contributed by atoms with Gasteiger partial charge in [0.05, 0.1) is 22.4 Å². The van der Waals surface area contributed by atoms with Crippen LogP contribution >= 0.6 is 0 Å². The zero-order chi connectivity index (χ0) is 14.7. The maximum absolute atomic E-state index is 10.6. The molecule has 106 valence electrons. The predicted octanol–water partition coefficient (Wildman–Crippen LogP) is 1.78. The van der Waals surface area contributed by atoms with Crippen LogP contribution < -0.4 is 5.32 Å². The molecule has 0 aliphatic rings. The lowest BCUT2D eigenvalue weighted by Crippen LogP contribution is -2.12. The number of rotatable bonds is 5. The number of aromatic nitrogens is 2. The Hall–Kier alpha value is -2.41. The first-order valence-corrected chi connectivity index (χ1v) is 6.14. The van der Waals surface area contributed by atoms with Gasteiger partial charge >= 0.3 is 0 Å². The van der Waals surface area contributed by atoms with Crippen molar-refractivity contribution in [3.63, 3.8) is 0 Å². The molecule has 2 aromatic rings. The molecule has 0 saturated carbocycles. The third-order valence-electron chi connectivity index (χ3n) is 2.99. The topological polar surface area (TPSA) is 93.2 Å². The van der Waals surface area contributed by atoms with Gasteiger partial charge in [-0.25, -0.2) is 0 Å². The van der Waals surface area contributed by atoms with Gasteiger partial charge in [0.15, 0.2) is 0 Å². The molecule has 7 heteroatoms. The SMILES string of the molecule is Cc1nn(C)cc1NCC(O)c1ccc([N+](=O)[O-])cc1. The van der Waals surface area contributed by atoms with Gasteiger partial charge in [-0.3, -0.25) is 14.8 Å². The van der Waals surface area contributed by atoms with E-state index in [9.17, 15) is 15.2 Å². The first-order chi connectivity index (χ1) is 9.47. The van der Waals surface area contributed by atoms with E-state index in [0.29, 0.717) is 12.1 Å². The highest BCUT2D eigenvalue weighted by molar-refractivity contribution is 5.46. The van der Waals surface area contributed by atoms with E-state index in [1.165, 1.54) is 12.1 Å². The lowest BCUT2D eigenvalue weighted by Gasteiger charge is -2.12. The van der Waals surface area contributed by atoms with Gasteiger partial charge < -0.3 is 10.4 Å². The molecule has 0 fully saturated rings. The van der Waals surface area contributed by atoms with Crippen LogP contribution in [0.15, 0.2) is 30.5 Å². The monoisotopic (exact) mass is 276 g/mol. The van der Waals surface area contributed by atoms with E-state index in [0.717, 1.165) is 11.4 Å². The number of aliphatic hydroxyl groups excluding tert-OH is 1. The van der Waals surface area contributed by atoms with Crippen molar-refractivity contribution in [2.45, 2.75) is 13.0 Å². The maximum atomic E-state index is 10.6. The van der Waals surface area contributed by atoms with Crippen molar-refractivity contribution in [3.05, 3.63) is 51.8 Å². The zero-order valence-corrected chi connectivity index (χ0v) is 11.3. The van der Waals surface area contributed by atoms with Crippen LogP contribution in [0.4, 0.5) is 11.4 Å². The number of hydrogen-bond acceptors (Lipinski definition) is 5. The highest BCUT2D eigenvalue weighted by atomic mass is 16.6. The number of nitro groups is 1. The summed E-state index contributed by atoms with van der Waals surface area (Å²) in [5.74, 6) is 0. The smallest absolute Gasteiger partial charge is 0.269 e.